The third-order valence-electron chi connectivity index (χ3n) is 3.99. The van der Waals surface area contributed by atoms with Gasteiger partial charge in [-0.15, -0.1) is 0 Å². The van der Waals surface area contributed by atoms with Crippen molar-refractivity contribution in [2.24, 2.45) is 11.7 Å². The van der Waals surface area contributed by atoms with E-state index in [0.717, 1.165) is 25.1 Å². The van der Waals surface area contributed by atoms with Crippen molar-refractivity contribution < 1.29 is 9.84 Å². The molecule has 3 N–H and O–H groups in total. The molecular formula is C15H24N2O2. The molecule has 4 nitrogen and oxygen atoms in total. The van der Waals surface area contributed by atoms with E-state index in [1.165, 1.54) is 5.56 Å². The van der Waals surface area contributed by atoms with Gasteiger partial charge in [0.05, 0.1) is 13.2 Å². The lowest BCUT2D eigenvalue weighted by Crippen LogP contribution is -2.40. The third-order valence-corrected chi connectivity index (χ3v) is 3.99. The minimum absolute atomic E-state index is 0.0912. The minimum atomic E-state index is -0.0912. The van der Waals surface area contributed by atoms with Crippen molar-refractivity contribution in [3.63, 3.8) is 0 Å². The van der Waals surface area contributed by atoms with Crippen molar-refractivity contribution >= 4 is 0 Å². The van der Waals surface area contributed by atoms with Gasteiger partial charge in [0.2, 0.25) is 0 Å². The zero-order chi connectivity index (χ0) is 13.8. The molecule has 4 heteroatoms. The summed E-state index contributed by atoms with van der Waals surface area (Å²) in [6, 6.07) is 8.28. The largest absolute Gasteiger partial charge is 0.497 e. The van der Waals surface area contributed by atoms with Gasteiger partial charge in [0.1, 0.15) is 5.75 Å². The highest BCUT2D eigenvalue weighted by Crippen LogP contribution is 2.30. The van der Waals surface area contributed by atoms with E-state index in [1.54, 1.807) is 7.11 Å². The number of hydrogen-bond acceptors (Lipinski definition) is 4. The minimum Gasteiger partial charge on any atom is -0.497 e. The monoisotopic (exact) mass is 264 g/mol. The Morgan fingerprint density at radius 3 is 2.79 bits per heavy atom. The van der Waals surface area contributed by atoms with Gasteiger partial charge in [0, 0.05) is 19.1 Å². The predicted octanol–water partition coefficient (Wildman–Crippen LogP) is 1.40. The average molecular weight is 264 g/mol. The highest BCUT2D eigenvalue weighted by molar-refractivity contribution is 5.30. The van der Waals surface area contributed by atoms with Crippen LogP contribution in [0, 0.1) is 5.92 Å². The van der Waals surface area contributed by atoms with Crippen molar-refractivity contribution in [1.82, 2.24) is 4.90 Å². The molecule has 1 fully saturated rings. The summed E-state index contributed by atoms with van der Waals surface area (Å²) in [5, 5.41) is 9.35. The molecule has 2 rings (SSSR count). The van der Waals surface area contributed by atoms with Crippen LogP contribution in [0.4, 0.5) is 0 Å². The Kier molecular flexibility index (Phi) is 4.80. The average Bonchev–Trinajstić information content (AvgIpc) is 2.38. The van der Waals surface area contributed by atoms with Gasteiger partial charge in [0.25, 0.3) is 0 Å². The molecule has 1 saturated carbocycles. The van der Waals surface area contributed by atoms with Crippen molar-refractivity contribution in [1.29, 1.82) is 0 Å². The van der Waals surface area contributed by atoms with Crippen LogP contribution >= 0.6 is 0 Å². The fraction of sp³-hybridized carbons (Fsp3) is 0.600. The van der Waals surface area contributed by atoms with Crippen LogP contribution in [0.1, 0.15) is 24.4 Å². The Hall–Kier alpha value is -1.10. The zero-order valence-electron chi connectivity index (χ0n) is 11.7. The molecule has 1 aliphatic rings. The maximum Gasteiger partial charge on any atom is 0.119 e. The van der Waals surface area contributed by atoms with E-state index in [-0.39, 0.29) is 12.1 Å². The topological polar surface area (TPSA) is 58.7 Å². The second-order valence-corrected chi connectivity index (χ2v) is 5.46. The smallest absolute Gasteiger partial charge is 0.119 e. The summed E-state index contributed by atoms with van der Waals surface area (Å²) in [5.41, 5.74) is 7.11. The van der Waals surface area contributed by atoms with E-state index < -0.39 is 0 Å². The summed E-state index contributed by atoms with van der Waals surface area (Å²) in [4.78, 5) is 2.28. The molecule has 0 saturated heterocycles. The fourth-order valence-corrected chi connectivity index (χ4v) is 2.80. The molecule has 1 aromatic carbocycles. The second-order valence-electron chi connectivity index (χ2n) is 5.46. The number of benzene rings is 1. The Balaban J connectivity index is 2.01. The van der Waals surface area contributed by atoms with Crippen LogP contribution in [0.3, 0.4) is 0 Å². The normalized spacial score (nSPS) is 24.1. The van der Waals surface area contributed by atoms with Crippen LogP contribution in [0.25, 0.3) is 0 Å². The lowest BCUT2D eigenvalue weighted by Gasteiger charge is -2.37. The van der Waals surface area contributed by atoms with Gasteiger partial charge >= 0.3 is 0 Å². The Labute approximate surface area is 115 Å². The van der Waals surface area contributed by atoms with Gasteiger partial charge in [-0.3, -0.25) is 4.90 Å². The molecule has 1 aliphatic carbocycles. The Bertz CT molecular complexity index is 405. The lowest BCUT2D eigenvalue weighted by atomic mass is 9.82. The van der Waals surface area contributed by atoms with Crippen LogP contribution in [0.5, 0.6) is 5.75 Å². The standard InChI is InChI=1S/C15H24N2O2/c1-17(10-11-6-13(18)7-11)15(9-16)12-4-3-5-14(8-12)19-2/h3-5,8,11,13,15,18H,6-7,9-10,16H2,1-2H3. The summed E-state index contributed by atoms with van der Waals surface area (Å²) in [7, 11) is 3.78. The number of likely N-dealkylation sites (N-methyl/N-ethyl adjacent to an activating group) is 1. The molecule has 0 amide bonds. The van der Waals surface area contributed by atoms with Gasteiger partial charge in [-0.25, -0.2) is 0 Å². The molecule has 0 heterocycles. The Morgan fingerprint density at radius 2 is 2.21 bits per heavy atom. The van der Waals surface area contributed by atoms with E-state index in [4.69, 9.17) is 10.5 Å². The highest BCUT2D eigenvalue weighted by Gasteiger charge is 2.29. The maximum atomic E-state index is 9.35. The number of nitrogens with two attached hydrogens (primary N) is 1. The second kappa shape index (κ2) is 6.37. The van der Waals surface area contributed by atoms with Gasteiger partial charge < -0.3 is 15.6 Å². The summed E-state index contributed by atoms with van der Waals surface area (Å²) >= 11 is 0. The summed E-state index contributed by atoms with van der Waals surface area (Å²) in [5.74, 6) is 1.46. The molecule has 0 aromatic heterocycles. The quantitative estimate of drug-likeness (QED) is 0.815. The van der Waals surface area contributed by atoms with Crippen molar-refractivity contribution in [2.75, 3.05) is 27.2 Å². The number of rotatable bonds is 6. The summed E-state index contributed by atoms with van der Waals surface area (Å²) in [6.45, 7) is 1.56. The number of methoxy groups -OCH3 is 1. The van der Waals surface area contributed by atoms with Crippen LogP contribution < -0.4 is 10.5 Å². The van der Waals surface area contributed by atoms with Gasteiger partial charge in [-0.1, -0.05) is 12.1 Å². The molecule has 0 aliphatic heterocycles. The molecule has 0 radical (unpaired) electrons. The first-order valence-corrected chi connectivity index (χ1v) is 6.86. The maximum absolute atomic E-state index is 9.35. The molecule has 1 unspecified atom stereocenters. The lowest BCUT2D eigenvalue weighted by molar-refractivity contribution is 0.0224. The van der Waals surface area contributed by atoms with E-state index in [1.807, 2.05) is 18.2 Å². The van der Waals surface area contributed by atoms with Crippen molar-refractivity contribution in [3.05, 3.63) is 29.8 Å². The third kappa shape index (κ3) is 3.47. The van der Waals surface area contributed by atoms with E-state index in [0.29, 0.717) is 12.5 Å². The van der Waals surface area contributed by atoms with Crippen LogP contribution in [-0.2, 0) is 0 Å². The molecule has 106 valence electrons. The number of hydrogen-bond donors (Lipinski definition) is 2. The van der Waals surface area contributed by atoms with Crippen LogP contribution in [0.2, 0.25) is 0 Å². The van der Waals surface area contributed by atoms with E-state index >= 15 is 0 Å². The van der Waals surface area contributed by atoms with Crippen molar-refractivity contribution in [2.45, 2.75) is 25.0 Å². The fourth-order valence-electron chi connectivity index (χ4n) is 2.80. The van der Waals surface area contributed by atoms with Gasteiger partial charge in [-0.05, 0) is 43.5 Å². The molecular weight excluding hydrogens is 240 g/mol. The summed E-state index contributed by atoms with van der Waals surface area (Å²) < 4.78 is 5.26. The number of ether oxygens (including phenoxy) is 1. The van der Waals surface area contributed by atoms with Crippen molar-refractivity contribution in [3.8, 4) is 5.75 Å². The van der Waals surface area contributed by atoms with E-state index in [2.05, 4.69) is 18.0 Å². The highest BCUT2D eigenvalue weighted by atomic mass is 16.5. The SMILES string of the molecule is COc1cccc(C(CN)N(C)CC2CC(O)C2)c1. The summed E-state index contributed by atoms with van der Waals surface area (Å²) in [6.07, 6.45) is 1.74. The number of aliphatic hydroxyl groups excluding tert-OH is 1. The molecule has 1 atom stereocenters. The number of nitrogens with zero attached hydrogens (tertiary/aromatic N) is 1. The first kappa shape index (κ1) is 14.3. The molecule has 0 spiro atoms. The van der Waals surface area contributed by atoms with E-state index in [9.17, 15) is 5.11 Å². The van der Waals surface area contributed by atoms with Gasteiger partial charge in [-0.2, -0.15) is 0 Å². The number of aliphatic hydroxyl groups is 1. The zero-order valence-corrected chi connectivity index (χ0v) is 11.7. The first-order chi connectivity index (χ1) is 9.13. The van der Waals surface area contributed by atoms with Crippen LogP contribution in [-0.4, -0.2) is 43.4 Å². The molecule has 0 bridgehead atoms. The molecule has 1 aromatic rings. The van der Waals surface area contributed by atoms with Crippen LogP contribution in [0.15, 0.2) is 24.3 Å². The Morgan fingerprint density at radius 1 is 1.47 bits per heavy atom. The predicted molar refractivity (Wildman–Crippen MR) is 76.2 cm³/mol. The first-order valence-electron chi connectivity index (χ1n) is 6.86. The molecule has 19 heavy (non-hydrogen) atoms. The van der Waals surface area contributed by atoms with Gasteiger partial charge in [0.15, 0.2) is 0 Å².